The zero-order chi connectivity index (χ0) is 42.0. The van der Waals surface area contributed by atoms with Crippen LogP contribution in [0.2, 0.25) is 0 Å². The molecule has 3 rings (SSSR count). The van der Waals surface area contributed by atoms with E-state index < -0.39 is 114 Å². The smallest absolute Gasteiger partial charge is 0.311 e. The molecule has 55 heavy (non-hydrogen) atoms. The number of ether oxygens (including phenoxy) is 7. The maximum absolute atomic E-state index is 14.2. The average Bonchev–Trinajstić information content (AvgIpc) is 3.11. The number of aliphatic hydroxyl groups is 4. The maximum atomic E-state index is 14.2. The van der Waals surface area contributed by atoms with Gasteiger partial charge in [-0.2, -0.15) is 0 Å². The summed E-state index contributed by atoms with van der Waals surface area (Å²) >= 11 is 0. The van der Waals surface area contributed by atoms with E-state index in [9.17, 15) is 34.8 Å². The van der Waals surface area contributed by atoms with Crippen LogP contribution in [-0.2, 0) is 47.5 Å². The van der Waals surface area contributed by atoms with Gasteiger partial charge in [0.1, 0.15) is 23.6 Å². The van der Waals surface area contributed by atoms with Crippen molar-refractivity contribution in [3.63, 3.8) is 0 Å². The molecule has 3 saturated heterocycles. The molecule has 18 atom stereocenters. The zero-order valence-electron chi connectivity index (χ0n) is 35.5. The molecule has 0 aromatic carbocycles. The van der Waals surface area contributed by atoms with Gasteiger partial charge >= 0.3 is 11.9 Å². The molecule has 0 spiro atoms. The minimum absolute atomic E-state index is 0.0760. The van der Waals surface area contributed by atoms with Crippen LogP contribution in [0.1, 0.15) is 108 Å². The molecule has 0 aromatic heterocycles. The number of carbonyl (C=O) groups is 3. The van der Waals surface area contributed by atoms with E-state index >= 15 is 0 Å². The first-order valence-electron chi connectivity index (χ1n) is 19.9. The van der Waals surface area contributed by atoms with Crippen molar-refractivity contribution in [2.45, 2.75) is 193 Å². The summed E-state index contributed by atoms with van der Waals surface area (Å²) < 4.78 is 43.6. The Morgan fingerprint density at radius 2 is 1.51 bits per heavy atom. The topological polar surface area (TPSA) is 200 Å². The Hall–Kier alpha value is -1.79. The molecule has 3 fully saturated rings. The van der Waals surface area contributed by atoms with E-state index in [0.717, 1.165) is 0 Å². The highest BCUT2D eigenvalue weighted by Crippen LogP contribution is 2.41. The fourth-order valence-corrected chi connectivity index (χ4v) is 8.76. The van der Waals surface area contributed by atoms with Gasteiger partial charge in [0, 0.05) is 37.7 Å². The number of likely N-dealkylation sites (N-methyl/N-ethyl adjacent to an activating group) is 1. The first-order chi connectivity index (χ1) is 25.4. The van der Waals surface area contributed by atoms with Crippen LogP contribution in [0.4, 0.5) is 0 Å². The number of nitrogens with zero attached hydrogens (tertiary/aromatic N) is 1. The van der Waals surface area contributed by atoms with Crippen molar-refractivity contribution < 1.29 is 68.0 Å². The van der Waals surface area contributed by atoms with E-state index in [1.165, 1.54) is 27.9 Å². The minimum Gasteiger partial charge on any atom is -0.459 e. The van der Waals surface area contributed by atoms with Crippen molar-refractivity contribution in [3.8, 4) is 0 Å². The number of cyclic esters (lactones) is 1. The van der Waals surface area contributed by atoms with Gasteiger partial charge in [-0.05, 0) is 74.9 Å². The maximum Gasteiger partial charge on any atom is 0.311 e. The summed E-state index contributed by atoms with van der Waals surface area (Å²) in [6.07, 6.45) is -9.68. The summed E-state index contributed by atoms with van der Waals surface area (Å²) in [4.78, 5) is 42.9. The molecule has 0 radical (unpaired) electrons. The fourth-order valence-electron chi connectivity index (χ4n) is 8.76. The van der Waals surface area contributed by atoms with E-state index in [0.29, 0.717) is 6.42 Å². The third kappa shape index (κ3) is 10.6. The quantitative estimate of drug-likeness (QED) is 0.249. The van der Waals surface area contributed by atoms with E-state index in [4.69, 9.17) is 33.2 Å². The van der Waals surface area contributed by atoms with E-state index in [1.807, 2.05) is 25.9 Å². The number of hydrogen-bond donors (Lipinski definition) is 4. The molecule has 0 aliphatic carbocycles. The lowest BCUT2D eigenvalue weighted by Crippen LogP contribution is -2.61. The summed E-state index contributed by atoms with van der Waals surface area (Å²) in [5.74, 6) is -5.59. The summed E-state index contributed by atoms with van der Waals surface area (Å²) in [6, 6.07) is -0.319. The summed E-state index contributed by atoms with van der Waals surface area (Å²) in [5, 5.41) is 46.6. The van der Waals surface area contributed by atoms with Crippen molar-refractivity contribution in [1.29, 1.82) is 0 Å². The molecule has 0 bridgehead atoms. The van der Waals surface area contributed by atoms with Crippen LogP contribution in [0, 0.1) is 23.7 Å². The van der Waals surface area contributed by atoms with Crippen LogP contribution in [0.5, 0.6) is 0 Å². The number of ketones is 1. The van der Waals surface area contributed by atoms with Gasteiger partial charge in [-0.1, -0.05) is 34.6 Å². The van der Waals surface area contributed by atoms with Gasteiger partial charge in [-0.25, -0.2) is 0 Å². The highest BCUT2D eigenvalue weighted by molar-refractivity contribution is 5.83. The van der Waals surface area contributed by atoms with Crippen molar-refractivity contribution in [2.24, 2.45) is 23.7 Å². The van der Waals surface area contributed by atoms with Crippen molar-refractivity contribution in [2.75, 3.05) is 21.2 Å². The van der Waals surface area contributed by atoms with Gasteiger partial charge in [-0.15, -0.1) is 0 Å². The van der Waals surface area contributed by atoms with Crippen LogP contribution in [0.3, 0.4) is 0 Å². The predicted molar refractivity (Wildman–Crippen MR) is 200 cm³/mol. The van der Waals surface area contributed by atoms with Crippen LogP contribution in [0.15, 0.2) is 0 Å². The first kappa shape index (κ1) is 47.6. The van der Waals surface area contributed by atoms with Crippen LogP contribution in [0.25, 0.3) is 0 Å². The standard InChI is InChI=1S/C40H71NO14/c1-15-27-40(11,48)33(44)22(5)30(43)20(3)18-38(9,47)35(55-37-32(53-28(42)16-2)26(41(12)13)17-21(4)50-37)23(6)31(24(7)36(46)52-27)54-29-19-39(10,49-14)34(45)25(8)51-29/h20-27,29,31-35,37,44-45,47-48H,15-19H2,1-14H3/t20-,21-,22+,23+,24-,25-,26+,27-,29+,31+,32-,33-,34-,35-,37-,38-,39+,40-/m1/s1. The number of carbonyl (C=O) groups excluding carboxylic acids is 3. The summed E-state index contributed by atoms with van der Waals surface area (Å²) in [5.41, 5.74) is -4.92. The lowest BCUT2D eigenvalue weighted by Gasteiger charge is -2.49. The van der Waals surface area contributed by atoms with E-state index in [-0.39, 0.29) is 37.8 Å². The van der Waals surface area contributed by atoms with E-state index in [2.05, 4.69) is 0 Å². The lowest BCUT2D eigenvalue weighted by atomic mass is 9.74. The third-order valence-electron chi connectivity index (χ3n) is 12.4. The fraction of sp³-hybridized carbons (Fsp3) is 0.925. The monoisotopic (exact) mass is 789 g/mol. The van der Waals surface area contributed by atoms with Crippen molar-refractivity contribution in [3.05, 3.63) is 0 Å². The molecule has 15 heteroatoms. The number of hydrogen-bond acceptors (Lipinski definition) is 15. The van der Waals surface area contributed by atoms with Gasteiger partial charge in [0.05, 0.1) is 53.7 Å². The van der Waals surface area contributed by atoms with Gasteiger partial charge in [0.15, 0.2) is 18.7 Å². The van der Waals surface area contributed by atoms with Crippen molar-refractivity contribution >= 4 is 17.7 Å². The number of rotatable bonds is 9. The number of esters is 2. The van der Waals surface area contributed by atoms with Gasteiger partial charge in [-0.3, -0.25) is 14.4 Å². The summed E-state index contributed by atoms with van der Waals surface area (Å²) in [6.45, 7) is 18.0. The van der Waals surface area contributed by atoms with Crippen molar-refractivity contribution in [1.82, 2.24) is 4.90 Å². The molecule has 0 saturated carbocycles. The Morgan fingerprint density at radius 1 is 0.891 bits per heavy atom. The molecule has 0 unspecified atom stereocenters. The third-order valence-corrected chi connectivity index (χ3v) is 12.4. The molecule has 15 nitrogen and oxygen atoms in total. The molecule has 3 aliphatic heterocycles. The Kier molecular flexibility index (Phi) is 16.3. The molecule has 3 heterocycles. The Balaban J connectivity index is 2.24. The molecule has 4 N–H and O–H groups in total. The second kappa shape index (κ2) is 18.9. The average molecular weight is 790 g/mol. The largest absolute Gasteiger partial charge is 0.459 e. The van der Waals surface area contributed by atoms with E-state index in [1.54, 1.807) is 48.5 Å². The molecule has 3 aliphatic rings. The Morgan fingerprint density at radius 3 is 2.05 bits per heavy atom. The minimum atomic E-state index is -2.01. The SMILES string of the molecule is CCC(=O)O[C@H]1[C@@H](O[C@@H]2[C@@H](C)[C@H](O[C@H]3C[C@](C)(OC)[C@H](O)[C@@H](C)O3)[C@@H](C)C(=O)O[C@H](CC)[C@@](C)(O)[C@H](O)[C@@H](C)C(=O)[C@H](C)C[C@@]2(C)O)O[C@H](C)C[C@@H]1N(C)C. The predicted octanol–water partition coefficient (Wildman–Crippen LogP) is 2.75. The molecular weight excluding hydrogens is 718 g/mol. The molecule has 0 aromatic rings. The number of aliphatic hydroxyl groups excluding tert-OH is 2. The number of methoxy groups -OCH3 is 1. The normalized spacial score (nSPS) is 46.9. The van der Waals surface area contributed by atoms with Gasteiger partial charge < -0.3 is 58.5 Å². The number of Topliss-reactive ketones (excluding diaryl/α,β-unsaturated/α-hetero) is 1. The highest BCUT2D eigenvalue weighted by Gasteiger charge is 2.54. The van der Waals surface area contributed by atoms with Crippen LogP contribution < -0.4 is 0 Å². The second-order valence-corrected chi connectivity index (χ2v) is 17.3. The lowest BCUT2D eigenvalue weighted by molar-refractivity contribution is -0.319. The Labute approximate surface area is 327 Å². The Bertz CT molecular complexity index is 1290. The van der Waals surface area contributed by atoms with Gasteiger partial charge in [0.25, 0.3) is 0 Å². The van der Waals surface area contributed by atoms with Gasteiger partial charge in [0.2, 0.25) is 0 Å². The molecular formula is C40H71NO14. The molecule has 320 valence electrons. The first-order valence-corrected chi connectivity index (χ1v) is 19.9. The molecule has 0 amide bonds. The highest BCUT2D eigenvalue weighted by atomic mass is 16.7. The van der Waals surface area contributed by atoms with Crippen LogP contribution in [-0.4, -0.2) is 149 Å². The second-order valence-electron chi connectivity index (χ2n) is 17.3. The van der Waals surface area contributed by atoms with Crippen LogP contribution >= 0.6 is 0 Å². The zero-order valence-corrected chi connectivity index (χ0v) is 35.5. The summed E-state index contributed by atoms with van der Waals surface area (Å²) in [7, 11) is 5.21.